The Morgan fingerprint density at radius 3 is 2.88 bits per heavy atom. The Balaban J connectivity index is 2.38. The molecule has 17 heavy (non-hydrogen) atoms. The first-order valence-electron chi connectivity index (χ1n) is 5.75. The molecule has 0 bridgehead atoms. The lowest BCUT2D eigenvalue weighted by atomic mass is 10.1. The first-order chi connectivity index (χ1) is 8.13. The highest BCUT2D eigenvalue weighted by atomic mass is 79.9. The summed E-state index contributed by atoms with van der Waals surface area (Å²) in [6.07, 6.45) is 0.927. The molecule has 1 aliphatic rings. The van der Waals surface area contributed by atoms with Crippen molar-refractivity contribution in [2.24, 2.45) is 0 Å². The number of anilines is 1. The SMILES string of the molecule is CCC1CNCCN1c1c(F)cc(F)cc1Br. The molecule has 2 nitrogen and oxygen atoms in total. The molecule has 1 aromatic carbocycles. The molecule has 1 unspecified atom stereocenters. The van der Waals surface area contributed by atoms with Crippen LogP contribution in [-0.2, 0) is 0 Å². The maximum Gasteiger partial charge on any atom is 0.150 e. The van der Waals surface area contributed by atoms with E-state index in [0.29, 0.717) is 10.2 Å². The van der Waals surface area contributed by atoms with Crippen molar-refractivity contribution in [1.29, 1.82) is 0 Å². The van der Waals surface area contributed by atoms with Gasteiger partial charge >= 0.3 is 0 Å². The van der Waals surface area contributed by atoms with Gasteiger partial charge in [-0.15, -0.1) is 0 Å². The number of nitrogens with one attached hydrogen (secondary N) is 1. The molecule has 2 rings (SSSR count). The van der Waals surface area contributed by atoms with Crippen LogP contribution in [0.1, 0.15) is 13.3 Å². The van der Waals surface area contributed by atoms with E-state index < -0.39 is 11.6 Å². The normalized spacial score (nSPS) is 20.7. The summed E-state index contributed by atoms with van der Waals surface area (Å²) in [4.78, 5) is 2.01. The van der Waals surface area contributed by atoms with Crippen molar-refractivity contribution >= 4 is 21.6 Å². The third kappa shape index (κ3) is 2.60. The van der Waals surface area contributed by atoms with E-state index in [0.717, 1.165) is 32.1 Å². The van der Waals surface area contributed by atoms with Crippen LogP contribution in [0.5, 0.6) is 0 Å². The van der Waals surface area contributed by atoms with Crippen LogP contribution in [0.3, 0.4) is 0 Å². The Bertz CT molecular complexity index is 388. The van der Waals surface area contributed by atoms with Crippen LogP contribution >= 0.6 is 15.9 Å². The van der Waals surface area contributed by atoms with E-state index in [1.807, 2.05) is 4.90 Å². The summed E-state index contributed by atoms with van der Waals surface area (Å²) in [5, 5.41) is 3.28. The van der Waals surface area contributed by atoms with Gasteiger partial charge < -0.3 is 10.2 Å². The second kappa shape index (κ2) is 5.31. The quantitative estimate of drug-likeness (QED) is 0.904. The fourth-order valence-corrected chi connectivity index (χ4v) is 2.86. The van der Waals surface area contributed by atoms with Crippen molar-refractivity contribution in [3.63, 3.8) is 0 Å². The number of rotatable bonds is 2. The van der Waals surface area contributed by atoms with E-state index >= 15 is 0 Å². The highest BCUT2D eigenvalue weighted by Gasteiger charge is 2.25. The Kier molecular flexibility index (Phi) is 3.99. The maximum atomic E-state index is 13.9. The zero-order valence-corrected chi connectivity index (χ0v) is 11.2. The van der Waals surface area contributed by atoms with Crippen molar-refractivity contribution in [3.05, 3.63) is 28.2 Å². The smallest absolute Gasteiger partial charge is 0.150 e. The number of hydrogen-bond acceptors (Lipinski definition) is 2. The lowest BCUT2D eigenvalue weighted by Crippen LogP contribution is -2.51. The molecule has 1 atom stereocenters. The molecule has 0 spiro atoms. The lowest BCUT2D eigenvalue weighted by Gasteiger charge is -2.38. The van der Waals surface area contributed by atoms with Crippen molar-refractivity contribution in [3.8, 4) is 0 Å². The minimum atomic E-state index is -0.554. The molecule has 1 fully saturated rings. The summed E-state index contributed by atoms with van der Waals surface area (Å²) >= 11 is 3.25. The fraction of sp³-hybridized carbons (Fsp3) is 0.500. The highest BCUT2D eigenvalue weighted by Crippen LogP contribution is 2.32. The first-order valence-corrected chi connectivity index (χ1v) is 6.54. The van der Waals surface area contributed by atoms with Gasteiger partial charge in [0.1, 0.15) is 5.82 Å². The Hall–Kier alpha value is -0.680. The Morgan fingerprint density at radius 1 is 1.47 bits per heavy atom. The first kappa shape index (κ1) is 12.8. The minimum Gasteiger partial charge on any atom is -0.363 e. The second-order valence-electron chi connectivity index (χ2n) is 4.18. The van der Waals surface area contributed by atoms with Gasteiger partial charge in [-0.05, 0) is 28.4 Å². The highest BCUT2D eigenvalue weighted by molar-refractivity contribution is 9.10. The summed E-state index contributed by atoms with van der Waals surface area (Å²) in [6, 6.07) is 2.50. The van der Waals surface area contributed by atoms with Gasteiger partial charge in [-0.2, -0.15) is 0 Å². The van der Waals surface area contributed by atoms with Crippen molar-refractivity contribution in [2.75, 3.05) is 24.5 Å². The molecule has 0 aliphatic carbocycles. The van der Waals surface area contributed by atoms with Crippen LogP contribution in [0.2, 0.25) is 0 Å². The summed E-state index contributed by atoms with van der Waals surface area (Å²) < 4.78 is 27.4. The third-order valence-corrected chi connectivity index (χ3v) is 3.69. The lowest BCUT2D eigenvalue weighted by molar-refractivity contribution is 0.457. The molecule has 1 N–H and O–H groups in total. The molecule has 1 aromatic rings. The summed E-state index contributed by atoms with van der Waals surface area (Å²) in [5.41, 5.74) is 0.472. The molecule has 0 radical (unpaired) electrons. The standard InChI is InChI=1S/C12H15BrF2N2/c1-2-9-7-16-3-4-17(9)12-10(13)5-8(14)6-11(12)15/h5-6,9,16H,2-4,7H2,1H3. The fourth-order valence-electron chi connectivity index (χ4n) is 2.23. The summed E-state index contributed by atoms with van der Waals surface area (Å²) in [7, 11) is 0. The van der Waals surface area contributed by atoms with Gasteiger partial charge in [0.25, 0.3) is 0 Å². The average Bonchev–Trinajstić information content (AvgIpc) is 2.28. The van der Waals surface area contributed by atoms with Crippen LogP contribution in [-0.4, -0.2) is 25.7 Å². The molecular weight excluding hydrogens is 290 g/mol. The van der Waals surface area contributed by atoms with E-state index in [-0.39, 0.29) is 6.04 Å². The molecule has 0 amide bonds. The summed E-state index contributed by atoms with van der Waals surface area (Å²) in [6.45, 7) is 4.46. The van der Waals surface area contributed by atoms with Crippen LogP contribution in [0.15, 0.2) is 16.6 Å². The van der Waals surface area contributed by atoms with Crippen molar-refractivity contribution in [1.82, 2.24) is 5.32 Å². The topological polar surface area (TPSA) is 15.3 Å². The van der Waals surface area contributed by atoms with Crippen LogP contribution in [0, 0.1) is 11.6 Å². The van der Waals surface area contributed by atoms with Crippen LogP contribution in [0.4, 0.5) is 14.5 Å². The van der Waals surface area contributed by atoms with Gasteiger partial charge in [0.05, 0.1) is 5.69 Å². The molecule has 94 valence electrons. The van der Waals surface area contributed by atoms with Gasteiger partial charge in [0, 0.05) is 36.2 Å². The van der Waals surface area contributed by atoms with E-state index in [1.165, 1.54) is 6.07 Å². The number of piperazine rings is 1. The number of nitrogens with zero attached hydrogens (tertiary/aromatic N) is 1. The largest absolute Gasteiger partial charge is 0.363 e. The monoisotopic (exact) mass is 304 g/mol. The van der Waals surface area contributed by atoms with Crippen molar-refractivity contribution in [2.45, 2.75) is 19.4 Å². The molecule has 1 heterocycles. The van der Waals surface area contributed by atoms with Gasteiger partial charge in [0.2, 0.25) is 0 Å². The number of hydrogen-bond donors (Lipinski definition) is 1. The zero-order chi connectivity index (χ0) is 12.4. The third-order valence-electron chi connectivity index (χ3n) is 3.09. The molecule has 5 heteroatoms. The predicted molar refractivity (Wildman–Crippen MR) is 68.4 cm³/mol. The van der Waals surface area contributed by atoms with Crippen LogP contribution in [0.25, 0.3) is 0 Å². The molecule has 0 saturated carbocycles. The van der Waals surface area contributed by atoms with E-state index in [4.69, 9.17) is 0 Å². The Morgan fingerprint density at radius 2 is 2.24 bits per heavy atom. The zero-order valence-electron chi connectivity index (χ0n) is 9.64. The number of halogens is 3. The Labute approximate surface area is 108 Å². The van der Waals surface area contributed by atoms with E-state index in [2.05, 4.69) is 28.2 Å². The van der Waals surface area contributed by atoms with E-state index in [1.54, 1.807) is 0 Å². The molecular formula is C12H15BrF2N2. The minimum absolute atomic E-state index is 0.250. The molecule has 1 aliphatic heterocycles. The van der Waals surface area contributed by atoms with Gasteiger partial charge in [-0.1, -0.05) is 6.92 Å². The van der Waals surface area contributed by atoms with Gasteiger partial charge in [-0.25, -0.2) is 8.78 Å². The van der Waals surface area contributed by atoms with E-state index in [9.17, 15) is 8.78 Å². The molecule has 0 aromatic heterocycles. The average molecular weight is 305 g/mol. The molecule has 1 saturated heterocycles. The second-order valence-corrected chi connectivity index (χ2v) is 5.03. The van der Waals surface area contributed by atoms with Gasteiger partial charge in [-0.3, -0.25) is 0 Å². The number of benzene rings is 1. The maximum absolute atomic E-state index is 13.9. The van der Waals surface area contributed by atoms with Crippen LogP contribution < -0.4 is 10.2 Å². The van der Waals surface area contributed by atoms with Gasteiger partial charge in [0.15, 0.2) is 5.82 Å². The summed E-state index contributed by atoms with van der Waals surface area (Å²) in [5.74, 6) is -1.06. The predicted octanol–water partition coefficient (Wildman–Crippen LogP) is 2.92. The van der Waals surface area contributed by atoms with Crippen molar-refractivity contribution < 1.29 is 8.78 Å².